The highest BCUT2D eigenvalue weighted by atomic mass is 15.2. The van der Waals surface area contributed by atoms with Crippen LogP contribution in [0.5, 0.6) is 0 Å². The van der Waals surface area contributed by atoms with Crippen LogP contribution in [0.4, 0.5) is 5.82 Å². The maximum absolute atomic E-state index is 4.48. The topological polar surface area (TPSA) is 41.9 Å². The molecular formula is C13H14N4. The number of hydrogen-bond donors (Lipinski definition) is 0. The normalized spacial score (nSPS) is 15.2. The minimum Gasteiger partial charge on any atom is -0.357 e. The lowest BCUT2D eigenvalue weighted by atomic mass is 10.2. The zero-order valence-electron chi connectivity index (χ0n) is 9.58. The molecule has 3 rings (SSSR count). The Bertz CT molecular complexity index is 475. The Morgan fingerprint density at radius 1 is 0.941 bits per heavy atom. The maximum Gasteiger partial charge on any atom is 0.160 e. The van der Waals surface area contributed by atoms with E-state index in [1.165, 1.54) is 12.8 Å². The average Bonchev–Trinajstić information content (AvgIpc) is 2.94. The molecule has 86 valence electrons. The summed E-state index contributed by atoms with van der Waals surface area (Å²) in [7, 11) is 0. The summed E-state index contributed by atoms with van der Waals surface area (Å²) < 4.78 is 0. The summed E-state index contributed by atoms with van der Waals surface area (Å²) in [6.07, 6.45) is 7.88. The molecule has 0 bridgehead atoms. The van der Waals surface area contributed by atoms with Gasteiger partial charge in [-0.1, -0.05) is 0 Å². The first kappa shape index (κ1) is 10.2. The molecule has 17 heavy (non-hydrogen) atoms. The molecule has 4 heteroatoms. The van der Waals surface area contributed by atoms with E-state index in [9.17, 15) is 0 Å². The van der Waals surface area contributed by atoms with Crippen molar-refractivity contribution in [3.8, 4) is 11.4 Å². The fraction of sp³-hybridized carbons (Fsp3) is 0.308. The number of anilines is 1. The van der Waals surface area contributed by atoms with Gasteiger partial charge < -0.3 is 4.90 Å². The minimum absolute atomic E-state index is 0.730. The van der Waals surface area contributed by atoms with E-state index in [2.05, 4.69) is 25.9 Å². The molecule has 0 N–H and O–H groups in total. The smallest absolute Gasteiger partial charge is 0.160 e. The Labute approximate surface area is 100 Å². The highest BCUT2D eigenvalue weighted by molar-refractivity contribution is 5.56. The van der Waals surface area contributed by atoms with Crippen LogP contribution < -0.4 is 4.90 Å². The van der Waals surface area contributed by atoms with E-state index in [1.54, 1.807) is 12.4 Å². The van der Waals surface area contributed by atoms with Crippen LogP contribution in [0, 0.1) is 0 Å². The number of pyridine rings is 1. The van der Waals surface area contributed by atoms with Gasteiger partial charge in [-0.25, -0.2) is 15.0 Å². The fourth-order valence-corrected chi connectivity index (χ4v) is 2.10. The monoisotopic (exact) mass is 226 g/mol. The largest absolute Gasteiger partial charge is 0.357 e. The van der Waals surface area contributed by atoms with Crippen LogP contribution in [0.2, 0.25) is 0 Å². The lowest BCUT2D eigenvalue weighted by Gasteiger charge is -2.15. The van der Waals surface area contributed by atoms with Crippen molar-refractivity contribution in [1.29, 1.82) is 0 Å². The second kappa shape index (κ2) is 4.49. The van der Waals surface area contributed by atoms with Crippen LogP contribution in [0.25, 0.3) is 11.4 Å². The molecule has 1 fully saturated rings. The predicted octanol–water partition coefficient (Wildman–Crippen LogP) is 2.14. The van der Waals surface area contributed by atoms with Crippen LogP contribution in [0.3, 0.4) is 0 Å². The van der Waals surface area contributed by atoms with E-state index in [0.717, 1.165) is 30.3 Å². The number of hydrogen-bond acceptors (Lipinski definition) is 4. The average molecular weight is 226 g/mol. The number of rotatable bonds is 2. The molecule has 0 saturated carbocycles. The molecule has 0 radical (unpaired) electrons. The molecule has 1 aliphatic rings. The molecular weight excluding hydrogens is 212 g/mol. The van der Waals surface area contributed by atoms with E-state index in [1.807, 2.05) is 18.3 Å². The molecule has 0 aromatic carbocycles. The SMILES string of the molecule is c1cnc(-c2ccc(N3CCCC3)nc2)nc1. The first-order valence-corrected chi connectivity index (χ1v) is 5.92. The summed E-state index contributed by atoms with van der Waals surface area (Å²) >= 11 is 0. The van der Waals surface area contributed by atoms with Crippen molar-refractivity contribution in [3.63, 3.8) is 0 Å². The van der Waals surface area contributed by atoms with Gasteiger partial charge in [-0.15, -0.1) is 0 Å². The second-order valence-electron chi connectivity index (χ2n) is 4.17. The maximum atomic E-state index is 4.48. The number of nitrogens with zero attached hydrogens (tertiary/aromatic N) is 4. The molecule has 4 nitrogen and oxygen atoms in total. The number of aromatic nitrogens is 3. The van der Waals surface area contributed by atoms with Crippen molar-refractivity contribution in [1.82, 2.24) is 15.0 Å². The Balaban J connectivity index is 1.85. The van der Waals surface area contributed by atoms with E-state index in [0.29, 0.717) is 0 Å². The van der Waals surface area contributed by atoms with Crippen molar-refractivity contribution in [2.45, 2.75) is 12.8 Å². The van der Waals surface area contributed by atoms with Gasteiger partial charge in [0.1, 0.15) is 5.82 Å². The molecule has 2 aromatic rings. The molecule has 3 heterocycles. The van der Waals surface area contributed by atoms with Crippen LogP contribution >= 0.6 is 0 Å². The van der Waals surface area contributed by atoms with Gasteiger partial charge >= 0.3 is 0 Å². The highest BCUT2D eigenvalue weighted by Gasteiger charge is 2.13. The quantitative estimate of drug-likeness (QED) is 0.786. The van der Waals surface area contributed by atoms with Crippen LogP contribution in [0.1, 0.15) is 12.8 Å². The van der Waals surface area contributed by atoms with Crippen molar-refractivity contribution >= 4 is 5.82 Å². The van der Waals surface area contributed by atoms with Gasteiger partial charge in [-0.2, -0.15) is 0 Å². The van der Waals surface area contributed by atoms with E-state index in [-0.39, 0.29) is 0 Å². The van der Waals surface area contributed by atoms with Gasteiger partial charge in [0.15, 0.2) is 5.82 Å². The van der Waals surface area contributed by atoms with E-state index < -0.39 is 0 Å². The molecule has 2 aromatic heterocycles. The Kier molecular flexibility index (Phi) is 2.69. The Morgan fingerprint density at radius 2 is 1.71 bits per heavy atom. The second-order valence-corrected chi connectivity index (χ2v) is 4.17. The molecule has 0 spiro atoms. The van der Waals surface area contributed by atoms with E-state index in [4.69, 9.17) is 0 Å². The first-order chi connectivity index (χ1) is 8.43. The van der Waals surface area contributed by atoms with Crippen molar-refractivity contribution in [2.75, 3.05) is 18.0 Å². The van der Waals surface area contributed by atoms with Crippen LogP contribution in [-0.2, 0) is 0 Å². The van der Waals surface area contributed by atoms with Gasteiger partial charge in [0.25, 0.3) is 0 Å². The fourth-order valence-electron chi connectivity index (χ4n) is 2.10. The molecule has 0 amide bonds. The predicted molar refractivity (Wildman–Crippen MR) is 66.7 cm³/mol. The summed E-state index contributed by atoms with van der Waals surface area (Å²) in [6, 6.07) is 5.91. The van der Waals surface area contributed by atoms with Gasteiger partial charge in [-0.3, -0.25) is 0 Å². The van der Waals surface area contributed by atoms with Gasteiger partial charge in [0.2, 0.25) is 0 Å². The molecule has 1 saturated heterocycles. The molecule has 0 unspecified atom stereocenters. The third-order valence-electron chi connectivity index (χ3n) is 3.00. The van der Waals surface area contributed by atoms with Crippen LogP contribution in [-0.4, -0.2) is 28.0 Å². The van der Waals surface area contributed by atoms with Crippen molar-refractivity contribution < 1.29 is 0 Å². The van der Waals surface area contributed by atoms with Crippen LogP contribution in [0.15, 0.2) is 36.8 Å². The lowest BCUT2D eigenvalue weighted by molar-refractivity contribution is 0.937. The Hall–Kier alpha value is -1.97. The van der Waals surface area contributed by atoms with E-state index >= 15 is 0 Å². The zero-order chi connectivity index (χ0) is 11.5. The Morgan fingerprint density at radius 3 is 2.35 bits per heavy atom. The zero-order valence-corrected chi connectivity index (χ0v) is 9.58. The minimum atomic E-state index is 0.730. The summed E-state index contributed by atoms with van der Waals surface area (Å²) in [5, 5.41) is 0. The summed E-state index contributed by atoms with van der Waals surface area (Å²) in [4.78, 5) is 15.2. The highest BCUT2D eigenvalue weighted by Crippen LogP contribution is 2.20. The van der Waals surface area contributed by atoms with Gasteiger partial charge in [0, 0.05) is 37.2 Å². The third-order valence-corrected chi connectivity index (χ3v) is 3.00. The summed E-state index contributed by atoms with van der Waals surface area (Å²) in [6.45, 7) is 2.24. The van der Waals surface area contributed by atoms with Gasteiger partial charge in [-0.05, 0) is 31.0 Å². The molecule has 0 aliphatic carbocycles. The van der Waals surface area contributed by atoms with Crippen molar-refractivity contribution in [2.24, 2.45) is 0 Å². The summed E-state index contributed by atoms with van der Waals surface area (Å²) in [5.41, 5.74) is 0.966. The van der Waals surface area contributed by atoms with Gasteiger partial charge in [0.05, 0.1) is 0 Å². The third kappa shape index (κ3) is 2.11. The standard InChI is InChI=1S/C13H14N4/c1-2-9-17(8-1)12-5-4-11(10-16-12)13-14-6-3-7-15-13/h3-7,10H,1-2,8-9H2. The molecule has 1 aliphatic heterocycles. The lowest BCUT2D eigenvalue weighted by Crippen LogP contribution is -2.18. The molecule has 0 atom stereocenters. The first-order valence-electron chi connectivity index (χ1n) is 5.92. The van der Waals surface area contributed by atoms with Crippen molar-refractivity contribution in [3.05, 3.63) is 36.8 Å². The summed E-state index contributed by atoms with van der Waals surface area (Å²) in [5.74, 6) is 1.79.